The Morgan fingerprint density at radius 2 is 1.74 bits per heavy atom. The van der Waals surface area contributed by atoms with Gasteiger partial charge in [-0.3, -0.25) is 0 Å². The topological polar surface area (TPSA) is 104 Å². The number of para-hydroxylation sites is 1. The molecule has 8 nitrogen and oxygen atoms in total. The molecule has 0 radical (unpaired) electrons. The second kappa shape index (κ2) is 9.97. The van der Waals surface area contributed by atoms with Crippen LogP contribution < -0.4 is 5.32 Å². The van der Waals surface area contributed by atoms with E-state index in [9.17, 15) is 9.59 Å². The molecule has 0 saturated heterocycles. The Balaban J connectivity index is 1.76. The predicted octanol–water partition coefficient (Wildman–Crippen LogP) is 5.48. The lowest BCUT2D eigenvalue weighted by molar-refractivity contribution is 0.0501. The van der Waals surface area contributed by atoms with Gasteiger partial charge in [-0.1, -0.05) is 47.6 Å². The number of carbonyl (C=O) groups is 2. The summed E-state index contributed by atoms with van der Waals surface area (Å²) >= 11 is 0. The molecule has 0 aliphatic heterocycles. The number of rotatable bonds is 6. The largest absolute Gasteiger partial charge is 0.464 e. The Morgan fingerprint density at radius 3 is 2.51 bits per heavy atom. The van der Waals surface area contributed by atoms with E-state index < -0.39 is 23.7 Å². The van der Waals surface area contributed by atoms with Gasteiger partial charge >= 0.3 is 12.1 Å². The van der Waals surface area contributed by atoms with Crippen LogP contribution in [0.3, 0.4) is 0 Å². The summed E-state index contributed by atoms with van der Waals surface area (Å²) < 4.78 is 15.9. The Hall–Kier alpha value is -4.20. The molecule has 2 aromatic carbocycles. The summed E-state index contributed by atoms with van der Waals surface area (Å²) in [5.74, 6) is -0.530. The lowest BCUT2D eigenvalue weighted by atomic mass is 9.93. The van der Waals surface area contributed by atoms with Crippen molar-refractivity contribution >= 4 is 23.0 Å². The minimum absolute atomic E-state index is 0.191. The second-order valence-electron chi connectivity index (χ2n) is 9.02. The fraction of sp³-hybridized carbons (Fsp3) is 0.259. The normalized spacial score (nSPS) is 12.2. The molecule has 0 bridgehead atoms. The van der Waals surface area contributed by atoms with Gasteiger partial charge in [-0.05, 0) is 50.6 Å². The first-order valence-electron chi connectivity index (χ1n) is 11.2. The number of ether oxygens (including phenoxy) is 2. The number of esters is 1. The number of hydrogen-bond acceptors (Lipinski definition) is 7. The highest BCUT2D eigenvalue weighted by Gasteiger charge is 2.25. The zero-order valence-corrected chi connectivity index (χ0v) is 20.1. The summed E-state index contributed by atoms with van der Waals surface area (Å²) in [5.41, 5.74) is 3.08. The van der Waals surface area contributed by atoms with Gasteiger partial charge in [0.2, 0.25) is 0 Å². The van der Waals surface area contributed by atoms with Crippen LogP contribution in [0.2, 0.25) is 0 Å². The Labute approximate surface area is 203 Å². The standard InChI is InChI=1S/C27H27N3O5/c1-27(2,3)34-26(32)29-22(16-17-10-9-14-21(28-17)25(31)33-4)18-11-5-6-12-19(18)24-20-13-7-8-15-23(20)35-30-24/h5-15,22H,16H2,1-4H3,(H,29,32)/t22-/m0/s1. The number of carbonyl (C=O) groups excluding carboxylic acids is 2. The fourth-order valence-electron chi connectivity index (χ4n) is 3.81. The van der Waals surface area contributed by atoms with Gasteiger partial charge in [-0.15, -0.1) is 0 Å². The molecular weight excluding hydrogens is 446 g/mol. The van der Waals surface area contributed by atoms with Gasteiger partial charge in [0.25, 0.3) is 0 Å². The number of hydrogen-bond donors (Lipinski definition) is 1. The summed E-state index contributed by atoms with van der Waals surface area (Å²) in [4.78, 5) is 29.2. The van der Waals surface area contributed by atoms with Gasteiger partial charge < -0.3 is 19.3 Å². The lowest BCUT2D eigenvalue weighted by Crippen LogP contribution is -2.36. The molecule has 2 aromatic heterocycles. The third kappa shape index (κ3) is 5.66. The highest BCUT2D eigenvalue weighted by atomic mass is 16.6. The molecule has 4 aromatic rings. The molecular formula is C27H27N3O5. The van der Waals surface area contributed by atoms with Crippen LogP contribution in [0.1, 0.15) is 48.6 Å². The average molecular weight is 474 g/mol. The van der Waals surface area contributed by atoms with Crippen molar-refractivity contribution in [1.82, 2.24) is 15.5 Å². The predicted molar refractivity (Wildman–Crippen MR) is 131 cm³/mol. The van der Waals surface area contributed by atoms with Gasteiger partial charge in [-0.2, -0.15) is 0 Å². The number of fused-ring (bicyclic) bond motifs is 1. The number of benzene rings is 2. The summed E-state index contributed by atoms with van der Waals surface area (Å²) in [6.45, 7) is 5.41. The lowest BCUT2D eigenvalue weighted by Gasteiger charge is -2.25. The first-order valence-corrected chi connectivity index (χ1v) is 11.2. The molecule has 8 heteroatoms. The van der Waals surface area contributed by atoms with Gasteiger partial charge in [-0.25, -0.2) is 14.6 Å². The van der Waals surface area contributed by atoms with Crippen LogP contribution >= 0.6 is 0 Å². The highest BCUT2D eigenvalue weighted by molar-refractivity contribution is 5.92. The van der Waals surface area contributed by atoms with Crippen molar-refractivity contribution in [3.63, 3.8) is 0 Å². The van der Waals surface area contributed by atoms with Crippen molar-refractivity contribution in [1.29, 1.82) is 0 Å². The summed E-state index contributed by atoms with van der Waals surface area (Å²) in [6, 6.07) is 19.8. The maximum absolute atomic E-state index is 12.8. The maximum Gasteiger partial charge on any atom is 0.408 e. The van der Waals surface area contributed by atoms with Crippen LogP contribution in [0.5, 0.6) is 0 Å². The van der Waals surface area contributed by atoms with E-state index in [2.05, 4.69) is 15.5 Å². The van der Waals surface area contributed by atoms with Crippen molar-refractivity contribution < 1.29 is 23.6 Å². The van der Waals surface area contributed by atoms with E-state index in [1.165, 1.54) is 7.11 Å². The zero-order chi connectivity index (χ0) is 25.0. The average Bonchev–Trinajstić information content (AvgIpc) is 3.26. The van der Waals surface area contributed by atoms with E-state index in [0.717, 1.165) is 16.5 Å². The highest BCUT2D eigenvalue weighted by Crippen LogP contribution is 2.34. The number of nitrogens with zero attached hydrogens (tertiary/aromatic N) is 2. The van der Waals surface area contributed by atoms with Crippen LogP contribution in [0, 0.1) is 0 Å². The van der Waals surface area contributed by atoms with Gasteiger partial charge in [0.15, 0.2) is 5.58 Å². The van der Waals surface area contributed by atoms with E-state index in [1.807, 2.05) is 48.5 Å². The van der Waals surface area contributed by atoms with Crippen LogP contribution in [-0.4, -0.2) is 34.9 Å². The van der Waals surface area contributed by atoms with E-state index >= 15 is 0 Å². The molecule has 2 heterocycles. The van der Waals surface area contributed by atoms with Gasteiger partial charge in [0, 0.05) is 23.1 Å². The molecule has 35 heavy (non-hydrogen) atoms. The smallest absolute Gasteiger partial charge is 0.408 e. The molecule has 4 rings (SSSR count). The van der Waals surface area contributed by atoms with Crippen molar-refractivity contribution in [3.05, 3.63) is 83.7 Å². The molecule has 0 fully saturated rings. The molecule has 180 valence electrons. The number of aromatic nitrogens is 2. The van der Waals surface area contributed by atoms with Gasteiger partial charge in [0.1, 0.15) is 17.0 Å². The third-order valence-corrected chi connectivity index (χ3v) is 5.27. The van der Waals surface area contributed by atoms with Crippen LogP contribution in [0.25, 0.3) is 22.2 Å². The van der Waals surface area contributed by atoms with Crippen molar-refractivity contribution in [2.24, 2.45) is 0 Å². The summed E-state index contributed by atoms with van der Waals surface area (Å²) in [6.07, 6.45) is -0.261. The molecule has 1 atom stereocenters. The molecule has 0 unspecified atom stereocenters. The third-order valence-electron chi connectivity index (χ3n) is 5.27. The van der Waals surface area contributed by atoms with E-state index in [1.54, 1.807) is 39.0 Å². The summed E-state index contributed by atoms with van der Waals surface area (Å²) in [5, 5.41) is 8.15. The molecule has 1 amide bonds. The van der Waals surface area contributed by atoms with E-state index in [-0.39, 0.29) is 5.69 Å². The van der Waals surface area contributed by atoms with Crippen molar-refractivity contribution in [2.45, 2.75) is 38.8 Å². The Morgan fingerprint density at radius 1 is 1.00 bits per heavy atom. The van der Waals surface area contributed by atoms with E-state index in [4.69, 9.17) is 14.0 Å². The number of pyridine rings is 1. The van der Waals surface area contributed by atoms with Crippen molar-refractivity contribution in [2.75, 3.05) is 7.11 Å². The second-order valence-corrected chi connectivity index (χ2v) is 9.02. The fourth-order valence-corrected chi connectivity index (χ4v) is 3.81. The van der Waals surface area contributed by atoms with Crippen molar-refractivity contribution in [3.8, 4) is 11.3 Å². The molecule has 0 spiro atoms. The molecule has 1 N–H and O–H groups in total. The Bertz CT molecular complexity index is 1360. The van der Waals surface area contributed by atoms with Crippen LogP contribution in [0.15, 0.2) is 71.3 Å². The monoisotopic (exact) mass is 473 g/mol. The minimum atomic E-state index is -0.667. The number of amides is 1. The SMILES string of the molecule is COC(=O)c1cccc(C[C@H](NC(=O)OC(C)(C)C)c2ccccc2-c2noc3ccccc23)n1. The zero-order valence-electron chi connectivity index (χ0n) is 20.1. The van der Waals surface area contributed by atoms with E-state index in [0.29, 0.717) is 23.4 Å². The molecule has 0 aliphatic rings. The number of alkyl carbamates (subject to hydrolysis) is 1. The van der Waals surface area contributed by atoms with Crippen LogP contribution in [-0.2, 0) is 15.9 Å². The minimum Gasteiger partial charge on any atom is -0.464 e. The molecule has 0 aliphatic carbocycles. The molecule has 0 saturated carbocycles. The summed E-state index contributed by atoms with van der Waals surface area (Å²) in [7, 11) is 1.31. The first-order chi connectivity index (χ1) is 16.7. The van der Waals surface area contributed by atoms with Gasteiger partial charge in [0.05, 0.1) is 13.2 Å². The number of methoxy groups -OCH3 is 1. The maximum atomic E-state index is 12.8. The quantitative estimate of drug-likeness (QED) is 0.370. The Kier molecular flexibility index (Phi) is 6.82. The number of nitrogens with one attached hydrogen (secondary N) is 1. The first kappa shape index (κ1) is 23.9. The van der Waals surface area contributed by atoms with Crippen LogP contribution in [0.4, 0.5) is 4.79 Å².